The predicted molar refractivity (Wildman–Crippen MR) is 101 cm³/mol. The number of ether oxygens (including phenoxy) is 4. The molecule has 0 saturated carbocycles. The van der Waals surface area contributed by atoms with Gasteiger partial charge in [-0.05, 0) is 48.2 Å². The van der Waals surface area contributed by atoms with E-state index in [0.29, 0.717) is 10.5 Å². The summed E-state index contributed by atoms with van der Waals surface area (Å²) in [7, 11) is 6.68. The maximum absolute atomic E-state index is 5.44. The van der Waals surface area contributed by atoms with Gasteiger partial charge in [-0.3, -0.25) is 0 Å². The van der Waals surface area contributed by atoms with Crippen LogP contribution in [-0.4, -0.2) is 28.4 Å². The van der Waals surface area contributed by atoms with E-state index in [-0.39, 0.29) is 0 Å². The fourth-order valence-corrected chi connectivity index (χ4v) is 4.78. The lowest BCUT2D eigenvalue weighted by Gasteiger charge is -2.16. The molecule has 2 aromatic carbocycles. The first-order chi connectivity index (χ1) is 12.2. The number of benzene rings is 2. The summed E-state index contributed by atoms with van der Waals surface area (Å²) in [6.45, 7) is 0. The van der Waals surface area contributed by atoms with Crippen molar-refractivity contribution in [2.75, 3.05) is 28.4 Å². The van der Waals surface area contributed by atoms with Crippen molar-refractivity contribution in [1.82, 2.24) is 0 Å². The van der Waals surface area contributed by atoms with Gasteiger partial charge in [0, 0.05) is 10.5 Å². The van der Waals surface area contributed by atoms with Gasteiger partial charge in [0.15, 0.2) is 23.0 Å². The normalized spacial score (nSPS) is 19.5. The number of hydrogen-bond acceptors (Lipinski definition) is 5. The van der Waals surface area contributed by atoms with Gasteiger partial charge in [-0.25, -0.2) is 0 Å². The van der Waals surface area contributed by atoms with Crippen molar-refractivity contribution in [1.29, 1.82) is 0 Å². The Bertz CT molecular complexity index is 670. The van der Waals surface area contributed by atoms with Crippen LogP contribution in [-0.2, 0) is 0 Å². The Morgan fingerprint density at radius 2 is 1.04 bits per heavy atom. The van der Waals surface area contributed by atoms with Gasteiger partial charge in [0.2, 0.25) is 0 Å². The Balaban J connectivity index is 1.78. The van der Waals surface area contributed by atoms with Crippen LogP contribution in [0.4, 0.5) is 0 Å². The molecular weight excluding hydrogens is 336 g/mol. The van der Waals surface area contributed by atoms with E-state index in [0.717, 1.165) is 35.8 Å². The Labute approximate surface area is 153 Å². The van der Waals surface area contributed by atoms with E-state index < -0.39 is 0 Å². The molecule has 1 heterocycles. The zero-order valence-corrected chi connectivity index (χ0v) is 15.9. The summed E-state index contributed by atoms with van der Waals surface area (Å²) in [6.07, 6.45) is 2.28. The summed E-state index contributed by atoms with van der Waals surface area (Å²) in [5.41, 5.74) is 2.57. The average molecular weight is 360 g/mol. The lowest BCUT2D eigenvalue weighted by atomic mass is 10.0. The van der Waals surface area contributed by atoms with Crippen LogP contribution < -0.4 is 18.9 Å². The minimum absolute atomic E-state index is 0.456. The monoisotopic (exact) mass is 360 g/mol. The van der Waals surface area contributed by atoms with E-state index in [4.69, 9.17) is 18.9 Å². The molecule has 0 aromatic heterocycles. The lowest BCUT2D eigenvalue weighted by Crippen LogP contribution is -1.95. The minimum Gasteiger partial charge on any atom is -0.493 e. The van der Waals surface area contributed by atoms with E-state index >= 15 is 0 Å². The fraction of sp³-hybridized carbons (Fsp3) is 0.400. The molecule has 0 amide bonds. The molecular formula is C20H24O4S. The average Bonchev–Trinajstić information content (AvgIpc) is 3.17. The zero-order chi connectivity index (χ0) is 17.8. The topological polar surface area (TPSA) is 36.9 Å². The molecule has 0 radical (unpaired) electrons. The second-order valence-electron chi connectivity index (χ2n) is 5.92. The Morgan fingerprint density at radius 3 is 1.40 bits per heavy atom. The number of rotatable bonds is 6. The summed E-state index contributed by atoms with van der Waals surface area (Å²) < 4.78 is 21.5. The second kappa shape index (κ2) is 7.91. The van der Waals surface area contributed by atoms with Gasteiger partial charge < -0.3 is 18.9 Å². The fourth-order valence-electron chi connectivity index (χ4n) is 3.23. The molecule has 0 bridgehead atoms. The molecule has 0 spiro atoms. The zero-order valence-electron chi connectivity index (χ0n) is 15.1. The van der Waals surface area contributed by atoms with Crippen molar-refractivity contribution in [2.24, 2.45) is 0 Å². The van der Waals surface area contributed by atoms with Crippen molar-refractivity contribution >= 4 is 11.8 Å². The van der Waals surface area contributed by atoms with Gasteiger partial charge in [-0.2, -0.15) is 0 Å². The van der Waals surface area contributed by atoms with Gasteiger partial charge in [-0.1, -0.05) is 12.1 Å². The van der Waals surface area contributed by atoms with Gasteiger partial charge in [-0.15, -0.1) is 11.8 Å². The van der Waals surface area contributed by atoms with E-state index in [1.54, 1.807) is 28.4 Å². The van der Waals surface area contributed by atoms with Crippen LogP contribution in [0.1, 0.15) is 34.5 Å². The van der Waals surface area contributed by atoms with E-state index in [1.165, 1.54) is 11.1 Å². The second-order valence-corrected chi connectivity index (χ2v) is 7.33. The van der Waals surface area contributed by atoms with Crippen molar-refractivity contribution in [3.63, 3.8) is 0 Å². The summed E-state index contributed by atoms with van der Waals surface area (Å²) in [4.78, 5) is 0. The highest BCUT2D eigenvalue weighted by atomic mass is 32.2. The first kappa shape index (κ1) is 17.8. The molecule has 1 fully saturated rings. The molecule has 1 saturated heterocycles. The van der Waals surface area contributed by atoms with Crippen LogP contribution >= 0.6 is 11.8 Å². The van der Waals surface area contributed by atoms with Crippen LogP contribution in [0.15, 0.2) is 36.4 Å². The molecule has 25 heavy (non-hydrogen) atoms. The highest BCUT2D eigenvalue weighted by molar-refractivity contribution is 8.00. The van der Waals surface area contributed by atoms with Crippen molar-refractivity contribution < 1.29 is 18.9 Å². The highest BCUT2D eigenvalue weighted by Crippen LogP contribution is 2.54. The highest BCUT2D eigenvalue weighted by Gasteiger charge is 2.29. The molecule has 3 rings (SSSR count). The van der Waals surface area contributed by atoms with Crippen LogP contribution in [0.5, 0.6) is 23.0 Å². The maximum atomic E-state index is 5.44. The lowest BCUT2D eigenvalue weighted by molar-refractivity contribution is 0.354. The third-order valence-electron chi connectivity index (χ3n) is 4.58. The summed E-state index contributed by atoms with van der Waals surface area (Å²) >= 11 is 1.99. The quantitative estimate of drug-likeness (QED) is 0.722. The minimum atomic E-state index is 0.456. The molecule has 2 aromatic rings. The van der Waals surface area contributed by atoms with Crippen LogP contribution in [0.2, 0.25) is 0 Å². The molecule has 0 aliphatic carbocycles. The van der Waals surface area contributed by atoms with Gasteiger partial charge in [0.05, 0.1) is 28.4 Å². The molecule has 1 aliphatic rings. The Morgan fingerprint density at radius 1 is 0.640 bits per heavy atom. The largest absolute Gasteiger partial charge is 0.493 e. The van der Waals surface area contributed by atoms with Gasteiger partial charge >= 0.3 is 0 Å². The van der Waals surface area contributed by atoms with Crippen molar-refractivity contribution in [2.45, 2.75) is 23.3 Å². The van der Waals surface area contributed by atoms with E-state index in [9.17, 15) is 0 Å². The standard InChI is InChI=1S/C20H24O4S/c1-21-15-7-5-13(11-17(15)23-3)19-9-10-20(25-19)14-6-8-16(22-2)18(12-14)24-4/h5-8,11-12,19-20H,9-10H2,1-4H3/t19-,20+. The predicted octanol–water partition coefficient (Wildman–Crippen LogP) is 5.03. The Hall–Kier alpha value is -2.01. The molecule has 1 aliphatic heterocycles. The molecule has 5 heteroatoms. The smallest absolute Gasteiger partial charge is 0.161 e. The molecule has 4 nitrogen and oxygen atoms in total. The third kappa shape index (κ3) is 3.66. The maximum Gasteiger partial charge on any atom is 0.161 e. The van der Waals surface area contributed by atoms with E-state index in [2.05, 4.69) is 24.3 Å². The van der Waals surface area contributed by atoms with Crippen LogP contribution in [0.25, 0.3) is 0 Å². The molecule has 134 valence electrons. The molecule has 0 N–H and O–H groups in total. The summed E-state index contributed by atoms with van der Waals surface area (Å²) in [5.74, 6) is 3.11. The number of methoxy groups -OCH3 is 4. The molecule has 0 unspecified atom stereocenters. The molecule has 2 atom stereocenters. The van der Waals surface area contributed by atoms with E-state index in [1.807, 2.05) is 23.9 Å². The number of thioether (sulfide) groups is 1. The number of hydrogen-bond donors (Lipinski definition) is 0. The first-order valence-corrected chi connectivity index (χ1v) is 9.23. The van der Waals surface area contributed by atoms with Crippen LogP contribution in [0, 0.1) is 0 Å². The Kier molecular flexibility index (Phi) is 5.63. The van der Waals surface area contributed by atoms with Gasteiger partial charge in [0.1, 0.15) is 0 Å². The first-order valence-electron chi connectivity index (χ1n) is 8.29. The van der Waals surface area contributed by atoms with Crippen molar-refractivity contribution in [3.8, 4) is 23.0 Å². The van der Waals surface area contributed by atoms with Crippen molar-refractivity contribution in [3.05, 3.63) is 47.5 Å². The summed E-state index contributed by atoms with van der Waals surface area (Å²) in [6, 6.07) is 12.4. The van der Waals surface area contributed by atoms with Crippen LogP contribution in [0.3, 0.4) is 0 Å². The van der Waals surface area contributed by atoms with Gasteiger partial charge in [0.25, 0.3) is 0 Å². The third-order valence-corrected chi connectivity index (χ3v) is 6.25. The summed E-state index contributed by atoms with van der Waals surface area (Å²) in [5, 5.41) is 0.913. The SMILES string of the molecule is COc1ccc([C@@H]2CC[C@H](c3ccc(OC)c(OC)c3)S2)cc1OC.